The normalized spacial score (nSPS) is 28.3. The lowest BCUT2D eigenvalue weighted by atomic mass is 9.99. The molecule has 1 heterocycles. The smallest absolute Gasteiger partial charge is 0.308 e. The maximum atomic E-state index is 11.9. The van der Waals surface area contributed by atoms with Gasteiger partial charge < -0.3 is 29.9 Å². The summed E-state index contributed by atoms with van der Waals surface area (Å²) in [5.74, 6) is -0.518. The van der Waals surface area contributed by atoms with E-state index in [0.717, 1.165) is 12.8 Å². The van der Waals surface area contributed by atoms with E-state index >= 15 is 0 Å². The average Bonchev–Trinajstić information content (AvgIpc) is 2.66. The standard InChI is InChI=1S/C20H38O7/c1-2-3-4-5-6-7-8-9-10-11-12-13-16(22)27-20-19(25)18(24)17(23)15(14-21)26-20/h15,17-21,23-25H,2-14H2,1H3/t15-,17-,18+,19-,20+/m1/s1. The van der Waals surface area contributed by atoms with Crippen LogP contribution in [0.4, 0.5) is 0 Å². The summed E-state index contributed by atoms with van der Waals surface area (Å²) in [6.07, 6.45) is 6.27. The van der Waals surface area contributed by atoms with Gasteiger partial charge in [-0.25, -0.2) is 0 Å². The minimum Gasteiger partial charge on any atom is -0.433 e. The molecule has 0 aromatic carbocycles. The van der Waals surface area contributed by atoms with Crippen molar-refractivity contribution in [3.05, 3.63) is 0 Å². The van der Waals surface area contributed by atoms with Crippen LogP contribution < -0.4 is 0 Å². The molecule has 1 aliphatic rings. The second-order valence-corrected chi connectivity index (χ2v) is 7.47. The number of esters is 1. The minimum absolute atomic E-state index is 0.214. The zero-order chi connectivity index (χ0) is 20.1. The Bertz CT molecular complexity index is 389. The van der Waals surface area contributed by atoms with Crippen LogP contribution in [-0.4, -0.2) is 63.7 Å². The van der Waals surface area contributed by atoms with E-state index in [2.05, 4.69) is 6.92 Å². The second kappa shape index (κ2) is 14.3. The molecule has 0 spiro atoms. The third-order valence-electron chi connectivity index (χ3n) is 5.08. The number of aliphatic hydroxyl groups is 4. The molecule has 5 atom stereocenters. The summed E-state index contributed by atoms with van der Waals surface area (Å²) < 4.78 is 10.2. The number of unbranched alkanes of at least 4 members (excludes halogenated alkanes) is 10. The minimum atomic E-state index is -1.54. The summed E-state index contributed by atoms with van der Waals surface area (Å²) in [7, 11) is 0. The number of ether oxygens (including phenoxy) is 2. The molecule has 7 heteroatoms. The highest BCUT2D eigenvalue weighted by atomic mass is 16.7. The number of hydrogen-bond acceptors (Lipinski definition) is 7. The highest BCUT2D eigenvalue weighted by molar-refractivity contribution is 5.69. The molecule has 0 radical (unpaired) electrons. The number of aliphatic hydroxyl groups excluding tert-OH is 4. The molecule has 4 N–H and O–H groups in total. The molecule has 27 heavy (non-hydrogen) atoms. The Hall–Kier alpha value is -0.730. The van der Waals surface area contributed by atoms with Gasteiger partial charge in [-0.15, -0.1) is 0 Å². The zero-order valence-electron chi connectivity index (χ0n) is 16.6. The maximum Gasteiger partial charge on any atom is 0.308 e. The maximum absolute atomic E-state index is 11.9. The third-order valence-corrected chi connectivity index (χ3v) is 5.08. The molecular weight excluding hydrogens is 352 g/mol. The Morgan fingerprint density at radius 3 is 1.85 bits per heavy atom. The van der Waals surface area contributed by atoms with Gasteiger partial charge in [0.1, 0.15) is 24.4 Å². The van der Waals surface area contributed by atoms with Crippen molar-refractivity contribution in [3.63, 3.8) is 0 Å². The molecule has 1 aliphatic heterocycles. The second-order valence-electron chi connectivity index (χ2n) is 7.47. The first-order chi connectivity index (χ1) is 13.0. The Morgan fingerprint density at radius 1 is 0.815 bits per heavy atom. The Balaban J connectivity index is 2.07. The van der Waals surface area contributed by atoms with Crippen LogP contribution in [0.5, 0.6) is 0 Å². The topological polar surface area (TPSA) is 116 Å². The Labute approximate surface area is 162 Å². The van der Waals surface area contributed by atoms with Crippen molar-refractivity contribution in [1.82, 2.24) is 0 Å². The first-order valence-corrected chi connectivity index (χ1v) is 10.5. The number of carbonyl (C=O) groups excluding carboxylic acids is 1. The quantitative estimate of drug-likeness (QED) is 0.265. The van der Waals surface area contributed by atoms with E-state index in [9.17, 15) is 20.1 Å². The molecule has 7 nitrogen and oxygen atoms in total. The van der Waals surface area contributed by atoms with Gasteiger partial charge in [0.2, 0.25) is 6.29 Å². The largest absolute Gasteiger partial charge is 0.433 e. The van der Waals surface area contributed by atoms with Crippen molar-refractivity contribution in [2.45, 2.75) is 115 Å². The first kappa shape index (κ1) is 24.3. The molecule has 1 rings (SSSR count). The first-order valence-electron chi connectivity index (χ1n) is 10.5. The molecule has 1 fully saturated rings. The van der Waals surface area contributed by atoms with Gasteiger partial charge in [0.25, 0.3) is 0 Å². The fourth-order valence-electron chi connectivity index (χ4n) is 3.29. The highest BCUT2D eigenvalue weighted by Crippen LogP contribution is 2.22. The van der Waals surface area contributed by atoms with Crippen LogP contribution in [0.2, 0.25) is 0 Å². The molecular formula is C20H38O7. The van der Waals surface area contributed by atoms with Crippen LogP contribution >= 0.6 is 0 Å². The van der Waals surface area contributed by atoms with Crippen molar-refractivity contribution in [2.24, 2.45) is 0 Å². The fourth-order valence-corrected chi connectivity index (χ4v) is 3.29. The molecule has 0 aliphatic carbocycles. The predicted molar refractivity (Wildman–Crippen MR) is 101 cm³/mol. The molecule has 1 saturated heterocycles. The van der Waals surface area contributed by atoms with Gasteiger partial charge in [-0.1, -0.05) is 71.1 Å². The van der Waals surface area contributed by atoms with Crippen LogP contribution in [0, 0.1) is 0 Å². The van der Waals surface area contributed by atoms with Gasteiger partial charge in [0, 0.05) is 6.42 Å². The summed E-state index contributed by atoms with van der Waals surface area (Å²) >= 11 is 0. The fraction of sp³-hybridized carbons (Fsp3) is 0.950. The van der Waals surface area contributed by atoms with E-state index in [0.29, 0.717) is 6.42 Å². The molecule has 0 saturated carbocycles. The molecule has 0 bridgehead atoms. The molecule has 160 valence electrons. The summed E-state index contributed by atoms with van der Waals surface area (Å²) in [4.78, 5) is 11.9. The van der Waals surface area contributed by atoms with Gasteiger partial charge in [-0.2, -0.15) is 0 Å². The molecule has 0 unspecified atom stereocenters. The highest BCUT2D eigenvalue weighted by Gasteiger charge is 2.45. The van der Waals surface area contributed by atoms with Crippen LogP contribution in [0.3, 0.4) is 0 Å². The number of rotatable bonds is 14. The van der Waals surface area contributed by atoms with Crippen LogP contribution in [0.15, 0.2) is 0 Å². The monoisotopic (exact) mass is 390 g/mol. The summed E-state index contributed by atoms with van der Waals surface area (Å²) in [5, 5.41) is 38.3. The van der Waals surface area contributed by atoms with Crippen molar-refractivity contribution >= 4 is 5.97 Å². The van der Waals surface area contributed by atoms with Crippen LogP contribution in [-0.2, 0) is 14.3 Å². The van der Waals surface area contributed by atoms with Crippen LogP contribution in [0.1, 0.15) is 84.0 Å². The van der Waals surface area contributed by atoms with E-state index in [4.69, 9.17) is 14.6 Å². The molecule has 0 amide bonds. The van der Waals surface area contributed by atoms with Gasteiger partial charge in [0.05, 0.1) is 6.61 Å². The van der Waals surface area contributed by atoms with Crippen LogP contribution in [0.25, 0.3) is 0 Å². The summed E-state index contributed by atoms with van der Waals surface area (Å²) in [6.45, 7) is 1.68. The summed E-state index contributed by atoms with van der Waals surface area (Å²) in [5.41, 5.74) is 0. The lowest BCUT2D eigenvalue weighted by molar-refractivity contribution is -0.292. The van der Waals surface area contributed by atoms with E-state index in [1.165, 1.54) is 51.4 Å². The molecule has 0 aromatic rings. The predicted octanol–water partition coefficient (Wildman–Crippen LogP) is 2.03. The summed E-state index contributed by atoms with van der Waals surface area (Å²) in [6, 6.07) is 0. The Kier molecular flexibility index (Phi) is 12.9. The van der Waals surface area contributed by atoms with E-state index in [1.54, 1.807) is 0 Å². The number of hydrogen-bond donors (Lipinski definition) is 4. The Morgan fingerprint density at radius 2 is 1.33 bits per heavy atom. The number of carbonyl (C=O) groups is 1. The third kappa shape index (κ3) is 9.34. The van der Waals surface area contributed by atoms with Crippen molar-refractivity contribution in [1.29, 1.82) is 0 Å². The van der Waals surface area contributed by atoms with Gasteiger partial charge >= 0.3 is 5.97 Å². The van der Waals surface area contributed by atoms with E-state index < -0.39 is 43.3 Å². The van der Waals surface area contributed by atoms with Gasteiger partial charge in [-0.3, -0.25) is 4.79 Å². The van der Waals surface area contributed by atoms with Crippen molar-refractivity contribution < 1.29 is 34.7 Å². The molecule has 0 aromatic heterocycles. The SMILES string of the molecule is CCCCCCCCCCCCCC(=O)O[C@@H]1O[C@H](CO)[C@@H](O)[C@H](O)[C@H]1O. The van der Waals surface area contributed by atoms with E-state index in [-0.39, 0.29) is 6.42 Å². The van der Waals surface area contributed by atoms with E-state index in [1.807, 2.05) is 0 Å². The van der Waals surface area contributed by atoms with Gasteiger partial charge in [-0.05, 0) is 6.42 Å². The lowest BCUT2D eigenvalue weighted by Gasteiger charge is -2.39. The zero-order valence-corrected chi connectivity index (χ0v) is 16.6. The van der Waals surface area contributed by atoms with Crippen molar-refractivity contribution in [3.8, 4) is 0 Å². The van der Waals surface area contributed by atoms with Gasteiger partial charge in [0.15, 0.2) is 0 Å². The lowest BCUT2D eigenvalue weighted by Crippen LogP contribution is -2.59. The average molecular weight is 391 g/mol. The van der Waals surface area contributed by atoms with Crippen molar-refractivity contribution in [2.75, 3.05) is 6.61 Å².